The van der Waals surface area contributed by atoms with Gasteiger partial charge in [-0.1, -0.05) is 18.9 Å². The zero-order valence-corrected chi connectivity index (χ0v) is 14.6. The van der Waals surface area contributed by atoms with Crippen LogP contribution in [0.5, 0.6) is 11.5 Å². The van der Waals surface area contributed by atoms with E-state index in [-0.39, 0.29) is 11.7 Å². The van der Waals surface area contributed by atoms with Gasteiger partial charge in [-0.25, -0.2) is 0 Å². The number of carbonyl (C=O) groups is 1. The Kier molecular flexibility index (Phi) is 5.45. The number of rotatable bonds is 3. The standard InChI is InChI=1S/C18H22N2O3S/c1-2-23-15-11-13(7-8-14(15)21)12-16-17(22)19-18(24-16)20-9-5-3-4-6-10-20/h7-8,11-12,21H,2-6,9-10H2,1H3/b16-12-. The number of hydrogen-bond acceptors (Lipinski definition) is 5. The second-order valence-electron chi connectivity index (χ2n) is 5.87. The minimum Gasteiger partial charge on any atom is -0.504 e. The number of nitrogens with zero attached hydrogens (tertiary/aromatic N) is 2. The first-order chi connectivity index (χ1) is 11.7. The average Bonchev–Trinajstić information content (AvgIpc) is 2.78. The summed E-state index contributed by atoms with van der Waals surface area (Å²) in [6.07, 6.45) is 6.62. The Bertz CT molecular complexity index is 677. The Labute approximate surface area is 146 Å². The van der Waals surface area contributed by atoms with Crippen LogP contribution in [0.25, 0.3) is 6.08 Å². The van der Waals surface area contributed by atoms with Gasteiger partial charge in [0.1, 0.15) is 0 Å². The summed E-state index contributed by atoms with van der Waals surface area (Å²) in [7, 11) is 0. The third-order valence-corrected chi connectivity index (χ3v) is 5.11. The van der Waals surface area contributed by atoms with Crippen LogP contribution in [0.2, 0.25) is 0 Å². The van der Waals surface area contributed by atoms with E-state index in [0.717, 1.165) is 36.7 Å². The van der Waals surface area contributed by atoms with Gasteiger partial charge in [0.2, 0.25) is 0 Å². The molecule has 0 aromatic heterocycles. The van der Waals surface area contributed by atoms with Crippen LogP contribution in [-0.2, 0) is 4.79 Å². The number of amides is 1. The summed E-state index contributed by atoms with van der Waals surface area (Å²) in [6, 6.07) is 5.09. The normalized spacial score (nSPS) is 20.2. The molecule has 0 aliphatic carbocycles. The largest absolute Gasteiger partial charge is 0.504 e. The second kappa shape index (κ2) is 7.75. The number of aromatic hydroxyl groups is 1. The molecule has 1 aromatic rings. The number of phenolic OH excluding ortho intramolecular Hbond substituents is 1. The molecule has 1 fully saturated rings. The first-order valence-corrected chi connectivity index (χ1v) is 9.22. The van der Waals surface area contributed by atoms with Gasteiger partial charge in [0, 0.05) is 13.1 Å². The fraction of sp³-hybridized carbons (Fsp3) is 0.444. The van der Waals surface area contributed by atoms with E-state index in [1.54, 1.807) is 18.2 Å². The molecule has 6 heteroatoms. The van der Waals surface area contributed by atoms with Crippen LogP contribution in [0.4, 0.5) is 0 Å². The summed E-state index contributed by atoms with van der Waals surface area (Å²) in [4.78, 5) is 19.3. The molecule has 3 rings (SSSR count). The fourth-order valence-electron chi connectivity index (χ4n) is 2.84. The quantitative estimate of drug-likeness (QED) is 0.847. The van der Waals surface area contributed by atoms with E-state index in [1.807, 2.05) is 13.0 Å². The molecular weight excluding hydrogens is 324 g/mol. The number of carbonyl (C=O) groups excluding carboxylic acids is 1. The fourth-order valence-corrected chi connectivity index (χ4v) is 3.80. The topological polar surface area (TPSA) is 62.1 Å². The maximum atomic E-state index is 12.2. The third kappa shape index (κ3) is 3.93. The molecule has 0 bridgehead atoms. The number of aliphatic imine (C=N–C) groups is 1. The van der Waals surface area contributed by atoms with Crippen molar-refractivity contribution in [2.75, 3.05) is 19.7 Å². The highest BCUT2D eigenvalue weighted by atomic mass is 32.2. The van der Waals surface area contributed by atoms with Gasteiger partial charge in [-0.05, 0) is 55.3 Å². The highest BCUT2D eigenvalue weighted by molar-refractivity contribution is 8.18. The molecule has 24 heavy (non-hydrogen) atoms. The maximum Gasteiger partial charge on any atom is 0.286 e. The summed E-state index contributed by atoms with van der Waals surface area (Å²) < 4.78 is 5.39. The first-order valence-electron chi connectivity index (χ1n) is 8.40. The molecule has 128 valence electrons. The van der Waals surface area contributed by atoms with Crippen molar-refractivity contribution < 1.29 is 14.6 Å². The average molecular weight is 346 g/mol. The van der Waals surface area contributed by atoms with Crippen molar-refractivity contribution in [2.45, 2.75) is 32.6 Å². The summed E-state index contributed by atoms with van der Waals surface area (Å²) >= 11 is 1.44. The molecular formula is C18H22N2O3S. The molecule has 0 atom stereocenters. The van der Waals surface area contributed by atoms with Gasteiger partial charge in [-0.15, -0.1) is 0 Å². The van der Waals surface area contributed by atoms with E-state index in [2.05, 4.69) is 9.89 Å². The van der Waals surface area contributed by atoms with Gasteiger partial charge in [-0.2, -0.15) is 4.99 Å². The van der Waals surface area contributed by atoms with E-state index >= 15 is 0 Å². The van der Waals surface area contributed by atoms with Crippen molar-refractivity contribution in [1.82, 2.24) is 4.90 Å². The number of hydrogen-bond donors (Lipinski definition) is 1. The monoisotopic (exact) mass is 346 g/mol. The molecule has 2 heterocycles. The van der Waals surface area contributed by atoms with Gasteiger partial charge in [-0.3, -0.25) is 4.79 Å². The summed E-state index contributed by atoms with van der Waals surface area (Å²) in [5.41, 5.74) is 0.819. The molecule has 1 saturated heterocycles. The van der Waals surface area contributed by atoms with Crippen LogP contribution in [0.1, 0.15) is 38.2 Å². The van der Waals surface area contributed by atoms with Gasteiger partial charge >= 0.3 is 0 Å². The Balaban J connectivity index is 1.75. The van der Waals surface area contributed by atoms with Crippen molar-refractivity contribution in [3.05, 3.63) is 28.7 Å². The Morgan fingerprint density at radius 2 is 2.04 bits per heavy atom. The third-order valence-electron chi connectivity index (χ3n) is 4.07. The highest BCUT2D eigenvalue weighted by Crippen LogP contribution is 2.33. The molecule has 0 radical (unpaired) electrons. The zero-order chi connectivity index (χ0) is 16.9. The highest BCUT2D eigenvalue weighted by Gasteiger charge is 2.26. The van der Waals surface area contributed by atoms with E-state index < -0.39 is 0 Å². The summed E-state index contributed by atoms with van der Waals surface area (Å²) in [5.74, 6) is 0.340. The molecule has 2 aliphatic rings. The van der Waals surface area contributed by atoms with Crippen molar-refractivity contribution in [3.8, 4) is 11.5 Å². The van der Waals surface area contributed by atoms with Gasteiger partial charge in [0.05, 0.1) is 11.5 Å². The van der Waals surface area contributed by atoms with Crippen LogP contribution in [0, 0.1) is 0 Å². The molecule has 1 amide bonds. The lowest BCUT2D eigenvalue weighted by Crippen LogP contribution is -2.28. The van der Waals surface area contributed by atoms with Crippen molar-refractivity contribution in [3.63, 3.8) is 0 Å². The van der Waals surface area contributed by atoms with Crippen molar-refractivity contribution in [2.24, 2.45) is 4.99 Å². The van der Waals surface area contributed by atoms with Crippen molar-refractivity contribution in [1.29, 1.82) is 0 Å². The van der Waals surface area contributed by atoms with E-state index in [0.29, 0.717) is 17.3 Å². The van der Waals surface area contributed by atoms with E-state index in [4.69, 9.17) is 4.74 Å². The Morgan fingerprint density at radius 1 is 1.29 bits per heavy atom. The Morgan fingerprint density at radius 3 is 2.75 bits per heavy atom. The maximum absolute atomic E-state index is 12.2. The number of benzene rings is 1. The molecule has 0 spiro atoms. The lowest BCUT2D eigenvalue weighted by Gasteiger charge is -2.20. The van der Waals surface area contributed by atoms with Gasteiger partial charge in [0.25, 0.3) is 5.91 Å². The Hall–Kier alpha value is -1.95. The predicted molar refractivity (Wildman–Crippen MR) is 97.3 cm³/mol. The zero-order valence-electron chi connectivity index (χ0n) is 13.8. The second-order valence-corrected chi connectivity index (χ2v) is 6.88. The van der Waals surface area contributed by atoms with Crippen LogP contribution >= 0.6 is 11.8 Å². The lowest BCUT2D eigenvalue weighted by atomic mass is 10.2. The number of phenols is 1. The van der Waals surface area contributed by atoms with Crippen LogP contribution < -0.4 is 4.74 Å². The van der Waals surface area contributed by atoms with E-state index in [9.17, 15) is 9.90 Å². The number of thioether (sulfide) groups is 1. The number of ether oxygens (including phenoxy) is 1. The molecule has 1 aromatic carbocycles. The first kappa shape index (κ1) is 16.9. The van der Waals surface area contributed by atoms with Crippen LogP contribution in [0.15, 0.2) is 28.1 Å². The van der Waals surface area contributed by atoms with Crippen LogP contribution in [-0.4, -0.2) is 40.8 Å². The minimum absolute atomic E-state index is 0.103. The lowest BCUT2D eigenvalue weighted by molar-refractivity contribution is -0.113. The van der Waals surface area contributed by atoms with E-state index in [1.165, 1.54) is 24.6 Å². The number of likely N-dealkylation sites (tertiary alicyclic amines) is 1. The summed E-state index contributed by atoms with van der Waals surface area (Å²) in [5, 5.41) is 10.6. The molecule has 5 nitrogen and oxygen atoms in total. The van der Waals surface area contributed by atoms with Crippen molar-refractivity contribution >= 4 is 28.9 Å². The molecule has 2 aliphatic heterocycles. The number of amidine groups is 1. The smallest absolute Gasteiger partial charge is 0.286 e. The van der Waals surface area contributed by atoms with Crippen LogP contribution in [0.3, 0.4) is 0 Å². The summed E-state index contributed by atoms with van der Waals surface area (Å²) in [6.45, 7) is 4.28. The molecule has 0 unspecified atom stereocenters. The minimum atomic E-state index is -0.190. The molecule has 0 saturated carbocycles. The predicted octanol–water partition coefficient (Wildman–Crippen LogP) is 3.64. The SMILES string of the molecule is CCOc1cc(/C=C2\SC(N3CCCCCC3)=NC2=O)ccc1O. The van der Waals surface area contributed by atoms with Gasteiger partial charge in [0.15, 0.2) is 16.7 Å². The van der Waals surface area contributed by atoms with Gasteiger partial charge < -0.3 is 14.7 Å². The molecule has 1 N–H and O–H groups in total.